The number of nitrogens with zero attached hydrogens (tertiary/aromatic N) is 2. The van der Waals surface area contributed by atoms with E-state index in [4.69, 9.17) is 4.74 Å². The van der Waals surface area contributed by atoms with Crippen molar-refractivity contribution in [3.05, 3.63) is 65.9 Å². The summed E-state index contributed by atoms with van der Waals surface area (Å²) in [6.45, 7) is 0.0905. The van der Waals surface area contributed by atoms with Crippen molar-refractivity contribution < 1.29 is 18.9 Å². The normalized spacial score (nSPS) is 9.88. The van der Waals surface area contributed by atoms with E-state index in [-0.39, 0.29) is 29.4 Å². The summed E-state index contributed by atoms with van der Waals surface area (Å²) in [6.07, 6.45) is 3.41. The molecule has 0 saturated heterocycles. The fourth-order valence-corrected chi connectivity index (χ4v) is 2.99. The topological polar surface area (TPSA) is 72.2 Å². The summed E-state index contributed by atoms with van der Waals surface area (Å²) in [6, 6.07) is 12.5. The van der Waals surface area contributed by atoms with Gasteiger partial charge in [-0.3, -0.25) is 4.79 Å². The van der Waals surface area contributed by atoms with E-state index in [2.05, 4.69) is 10.3 Å². The number of rotatable bonds is 5. The number of benzene rings is 1. The summed E-state index contributed by atoms with van der Waals surface area (Å²) < 4.78 is 6.39. The van der Waals surface area contributed by atoms with E-state index < -0.39 is 5.97 Å². The maximum Gasteiger partial charge on any atom is 0.339 e. The minimum atomic E-state index is -0.495. The molecule has 1 aromatic carbocycles. The molecule has 0 spiro atoms. The van der Waals surface area contributed by atoms with Crippen molar-refractivity contribution in [3.63, 3.8) is 0 Å². The molecule has 0 bridgehead atoms. The molecule has 3 aromatic rings. The first-order valence-electron chi connectivity index (χ1n) is 7.53. The third-order valence-electron chi connectivity index (χ3n) is 3.48. The quantitative estimate of drug-likeness (QED) is 0.494. The second-order valence-corrected chi connectivity index (χ2v) is 6.13. The Hall–Kier alpha value is -2.58. The number of methoxy groups -OCH3 is 1. The SMILES string of the molecule is Br.COC(=O)c1ccccc1NC(=O)C[n+]1ccc(-c2cccs2)nc1. The number of para-hydroxylation sites is 1. The standard InChI is InChI=1S/C18H15N3O3S.BrH/c1-24-18(23)13-5-2-3-6-14(13)20-17(22)11-21-9-8-15(19-12-21)16-7-4-10-25-16;/h2-10,12H,11H2,1H3;1H/p+1. The first kappa shape index (κ1) is 19.7. The van der Waals surface area contributed by atoms with Gasteiger partial charge in [0, 0.05) is 6.07 Å². The van der Waals surface area contributed by atoms with Crippen molar-refractivity contribution in [1.29, 1.82) is 0 Å². The zero-order valence-corrected chi connectivity index (χ0v) is 16.4. The Balaban J connectivity index is 0.00000243. The lowest BCUT2D eigenvalue weighted by Crippen LogP contribution is -2.40. The third-order valence-corrected chi connectivity index (χ3v) is 4.37. The fraction of sp³-hybridized carbons (Fsp3) is 0.111. The number of thiophene rings is 1. The molecule has 0 aliphatic rings. The van der Waals surface area contributed by atoms with Gasteiger partial charge in [-0.15, -0.1) is 28.3 Å². The molecule has 2 heterocycles. The Labute approximate surface area is 165 Å². The fourth-order valence-electron chi connectivity index (χ4n) is 2.28. The van der Waals surface area contributed by atoms with Gasteiger partial charge in [0.25, 0.3) is 12.2 Å². The molecule has 3 rings (SSSR count). The van der Waals surface area contributed by atoms with Crippen LogP contribution in [0.4, 0.5) is 5.69 Å². The van der Waals surface area contributed by atoms with E-state index in [1.165, 1.54) is 7.11 Å². The second-order valence-electron chi connectivity index (χ2n) is 5.18. The van der Waals surface area contributed by atoms with Gasteiger partial charge in [0.2, 0.25) is 0 Å². The highest BCUT2D eigenvalue weighted by molar-refractivity contribution is 8.93. The lowest BCUT2D eigenvalue weighted by molar-refractivity contribution is -0.686. The smallest absolute Gasteiger partial charge is 0.339 e. The summed E-state index contributed by atoms with van der Waals surface area (Å²) in [5.74, 6) is -0.752. The molecule has 0 saturated carbocycles. The minimum Gasteiger partial charge on any atom is -0.465 e. The largest absolute Gasteiger partial charge is 0.465 e. The zero-order valence-electron chi connectivity index (χ0n) is 13.9. The van der Waals surface area contributed by atoms with Gasteiger partial charge in [-0.25, -0.2) is 9.36 Å². The van der Waals surface area contributed by atoms with Gasteiger partial charge >= 0.3 is 5.97 Å². The van der Waals surface area contributed by atoms with Crippen LogP contribution in [0.1, 0.15) is 10.4 Å². The van der Waals surface area contributed by atoms with Crippen LogP contribution in [0.5, 0.6) is 0 Å². The number of amides is 1. The molecule has 134 valence electrons. The average Bonchev–Trinajstić information content (AvgIpc) is 3.17. The average molecular weight is 435 g/mol. The number of nitrogens with one attached hydrogen (secondary N) is 1. The Morgan fingerprint density at radius 3 is 2.65 bits per heavy atom. The first-order valence-corrected chi connectivity index (χ1v) is 8.41. The Bertz CT molecular complexity index is 883. The highest BCUT2D eigenvalue weighted by Gasteiger charge is 2.15. The number of halogens is 1. The molecule has 0 unspecified atom stereocenters. The van der Waals surface area contributed by atoms with Crippen molar-refractivity contribution in [2.75, 3.05) is 12.4 Å². The molecule has 0 radical (unpaired) electrons. The maximum absolute atomic E-state index is 12.2. The van der Waals surface area contributed by atoms with Gasteiger partial charge in [-0.2, -0.15) is 0 Å². The second kappa shape index (κ2) is 9.21. The summed E-state index contributed by atoms with van der Waals surface area (Å²) in [5.41, 5.74) is 1.60. The molecule has 1 amide bonds. The number of anilines is 1. The number of ether oxygens (including phenoxy) is 1. The lowest BCUT2D eigenvalue weighted by Gasteiger charge is -2.08. The van der Waals surface area contributed by atoms with Crippen molar-refractivity contribution >= 4 is 45.9 Å². The predicted octanol–water partition coefficient (Wildman–Crippen LogP) is 3.10. The zero-order chi connectivity index (χ0) is 17.6. The monoisotopic (exact) mass is 434 g/mol. The highest BCUT2D eigenvalue weighted by Crippen LogP contribution is 2.21. The molecular formula is C18H17BrN3O3S+. The number of carbonyl (C=O) groups excluding carboxylic acids is 2. The van der Waals surface area contributed by atoms with E-state index >= 15 is 0 Å². The molecular weight excluding hydrogens is 418 g/mol. The van der Waals surface area contributed by atoms with Crippen LogP contribution in [0.2, 0.25) is 0 Å². The van der Waals surface area contributed by atoms with Gasteiger partial charge < -0.3 is 10.1 Å². The van der Waals surface area contributed by atoms with Crippen molar-refractivity contribution in [2.24, 2.45) is 0 Å². The number of hydrogen-bond acceptors (Lipinski definition) is 5. The van der Waals surface area contributed by atoms with E-state index in [1.54, 1.807) is 52.7 Å². The molecule has 0 aliphatic carbocycles. The third kappa shape index (κ3) is 4.74. The van der Waals surface area contributed by atoms with Crippen molar-refractivity contribution in [2.45, 2.75) is 6.54 Å². The summed E-state index contributed by atoms with van der Waals surface area (Å²) in [5, 5.41) is 4.72. The van der Waals surface area contributed by atoms with Crippen LogP contribution in [0.3, 0.4) is 0 Å². The van der Waals surface area contributed by atoms with E-state index in [1.807, 2.05) is 23.6 Å². The van der Waals surface area contributed by atoms with E-state index in [0.29, 0.717) is 11.3 Å². The van der Waals surface area contributed by atoms with Crippen LogP contribution in [-0.4, -0.2) is 24.0 Å². The van der Waals surface area contributed by atoms with Crippen molar-refractivity contribution in [1.82, 2.24) is 4.98 Å². The summed E-state index contributed by atoms with van der Waals surface area (Å²) >= 11 is 1.61. The van der Waals surface area contributed by atoms with Gasteiger partial charge in [-0.05, 0) is 28.6 Å². The highest BCUT2D eigenvalue weighted by atomic mass is 79.9. The van der Waals surface area contributed by atoms with Crippen molar-refractivity contribution in [3.8, 4) is 10.6 Å². The molecule has 0 atom stereocenters. The Morgan fingerprint density at radius 1 is 1.19 bits per heavy atom. The molecule has 8 heteroatoms. The maximum atomic E-state index is 12.2. The summed E-state index contributed by atoms with van der Waals surface area (Å²) in [7, 11) is 1.30. The number of carbonyl (C=O) groups is 2. The minimum absolute atomic E-state index is 0. The van der Waals surface area contributed by atoms with E-state index in [9.17, 15) is 9.59 Å². The molecule has 1 N–H and O–H groups in total. The lowest BCUT2D eigenvalue weighted by atomic mass is 10.2. The van der Waals surface area contributed by atoms with Crippen LogP contribution in [0.25, 0.3) is 10.6 Å². The van der Waals surface area contributed by atoms with Crippen LogP contribution < -0.4 is 9.88 Å². The van der Waals surface area contributed by atoms with E-state index in [0.717, 1.165) is 10.6 Å². The Morgan fingerprint density at radius 2 is 2.00 bits per heavy atom. The predicted molar refractivity (Wildman–Crippen MR) is 104 cm³/mol. The van der Waals surface area contributed by atoms with Gasteiger partial charge in [-0.1, -0.05) is 18.2 Å². The summed E-state index contributed by atoms with van der Waals surface area (Å²) in [4.78, 5) is 29.4. The van der Waals surface area contributed by atoms with Gasteiger partial charge in [0.05, 0.1) is 29.4 Å². The van der Waals surface area contributed by atoms with Crippen LogP contribution in [0.15, 0.2) is 60.4 Å². The van der Waals surface area contributed by atoms with Gasteiger partial charge in [0.1, 0.15) is 0 Å². The molecule has 2 aromatic heterocycles. The molecule has 0 aliphatic heterocycles. The number of hydrogen-bond donors (Lipinski definition) is 1. The van der Waals surface area contributed by atoms with Crippen LogP contribution in [0, 0.1) is 0 Å². The van der Waals surface area contributed by atoms with Crippen LogP contribution >= 0.6 is 28.3 Å². The Kier molecular flexibility index (Phi) is 6.99. The number of aromatic nitrogens is 2. The first-order chi connectivity index (χ1) is 12.2. The molecule has 0 fully saturated rings. The van der Waals surface area contributed by atoms with Gasteiger partial charge in [0.15, 0.2) is 12.2 Å². The molecule has 26 heavy (non-hydrogen) atoms. The number of esters is 1. The molecule has 6 nitrogen and oxygen atoms in total. The van der Waals surface area contributed by atoms with Crippen LogP contribution in [-0.2, 0) is 16.1 Å².